The van der Waals surface area contributed by atoms with Crippen molar-refractivity contribution in [3.63, 3.8) is 0 Å². The van der Waals surface area contributed by atoms with Crippen LogP contribution in [-0.4, -0.2) is 46.8 Å². The number of ether oxygens (including phenoxy) is 1. The van der Waals surface area contributed by atoms with Crippen molar-refractivity contribution < 1.29 is 17.9 Å². The summed E-state index contributed by atoms with van der Waals surface area (Å²) in [6.07, 6.45) is 2.08. The molecule has 216 valence electrons. The topological polar surface area (TPSA) is 119 Å². The van der Waals surface area contributed by atoms with Crippen molar-refractivity contribution in [2.45, 2.75) is 56.8 Å². The zero-order valence-corrected chi connectivity index (χ0v) is 24.6. The SMILES string of the molecule is CC(C)(C)OC(=O)c1ncc(CN2C[C@@H](Cc3ccccc3)N(S(=O)(=O)c3ccccc3)Cc3cc(C#N)ccc32)[nH]1. The van der Waals surface area contributed by atoms with Gasteiger partial charge in [-0.2, -0.15) is 9.57 Å². The van der Waals surface area contributed by atoms with Crippen LogP contribution in [0.5, 0.6) is 0 Å². The fraction of sp³-hybridized carbons (Fsp3) is 0.281. The Balaban J connectivity index is 1.55. The number of hydrogen-bond donors (Lipinski definition) is 1. The Morgan fingerprint density at radius 2 is 1.76 bits per heavy atom. The van der Waals surface area contributed by atoms with Crippen molar-refractivity contribution >= 4 is 21.7 Å². The number of imidazole rings is 1. The van der Waals surface area contributed by atoms with E-state index in [1.807, 2.05) is 36.4 Å². The van der Waals surface area contributed by atoms with Gasteiger partial charge >= 0.3 is 5.97 Å². The van der Waals surface area contributed by atoms with E-state index in [1.54, 1.807) is 73.7 Å². The minimum absolute atomic E-state index is 0.0994. The van der Waals surface area contributed by atoms with Crippen LogP contribution in [0.1, 0.15) is 53.8 Å². The second-order valence-electron chi connectivity index (χ2n) is 11.3. The second kappa shape index (κ2) is 11.8. The summed E-state index contributed by atoms with van der Waals surface area (Å²) in [6.45, 7) is 6.17. The Hall–Kier alpha value is -4.46. The molecule has 2 heterocycles. The summed E-state index contributed by atoms with van der Waals surface area (Å²) in [7, 11) is -3.90. The molecule has 0 spiro atoms. The number of esters is 1. The zero-order chi connectivity index (χ0) is 29.9. The third-order valence-corrected chi connectivity index (χ3v) is 8.87. The smallest absolute Gasteiger partial charge is 0.374 e. The van der Waals surface area contributed by atoms with Crippen LogP contribution in [0.15, 0.2) is 90.0 Å². The molecule has 1 atom stereocenters. The number of anilines is 1. The number of aromatic nitrogens is 2. The Kier molecular flexibility index (Phi) is 8.16. The number of carbonyl (C=O) groups excluding carboxylic acids is 1. The van der Waals surface area contributed by atoms with Gasteiger partial charge in [0.15, 0.2) is 0 Å². The Labute approximate surface area is 246 Å². The number of nitrogens with zero attached hydrogens (tertiary/aromatic N) is 4. The maximum atomic E-state index is 14.1. The lowest BCUT2D eigenvalue weighted by atomic mass is 10.1. The van der Waals surface area contributed by atoms with E-state index in [4.69, 9.17) is 4.74 Å². The van der Waals surface area contributed by atoms with Gasteiger partial charge in [0.25, 0.3) is 0 Å². The molecule has 5 rings (SSSR count). The maximum Gasteiger partial charge on any atom is 0.374 e. The number of H-pyrrole nitrogens is 1. The standard InChI is InChI=1S/C32H33N5O4S/c1-32(2,3)41-31(38)30-34-19-26(35-30)21-36-22-27(17-23-10-6-4-7-11-23)37(42(39,40)28-12-8-5-9-13-28)20-25-16-24(18-33)14-15-29(25)36/h4-16,19,27H,17,20-22H2,1-3H3,(H,34,35)/t27-/m1/s1. The molecule has 0 bridgehead atoms. The van der Waals surface area contributed by atoms with E-state index in [0.29, 0.717) is 30.8 Å². The molecule has 0 saturated heterocycles. The summed E-state index contributed by atoms with van der Waals surface area (Å²) >= 11 is 0. The van der Waals surface area contributed by atoms with Gasteiger partial charge in [0.1, 0.15) is 5.60 Å². The van der Waals surface area contributed by atoms with Gasteiger partial charge in [0.05, 0.1) is 35.0 Å². The Morgan fingerprint density at radius 1 is 1.07 bits per heavy atom. The monoisotopic (exact) mass is 583 g/mol. The lowest BCUT2D eigenvalue weighted by Crippen LogP contribution is -2.45. The number of fused-ring (bicyclic) bond motifs is 1. The Bertz CT molecular complexity index is 1710. The molecule has 10 heteroatoms. The first-order valence-corrected chi connectivity index (χ1v) is 15.1. The van der Waals surface area contributed by atoms with Crippen LogP contribution in [0, 0.1) is 11.3 Å². The van der Waals surface area contributed by atoms with Crippen LogP contribution in [0.3, 0.4) is 0 Å². The van der Waals surface area contributed by atoms with Crippen LogP contribution < -0.4 is 4.90 Å². The van der Waals surface area contributed by atoms with Gasteiger partial charge in [0.2, 0.25) is 15.8 Å². The van der Waals surface area contributed by atoms with Gasteiger partial charge < -0.3 is 14.6 Å². The highest BCUT2D eigenvalue weighted by Gasteiger charge is 2.37. The van der Waals surface area contributed by atoms with Gasteiger partial charge in [-0.15, -0.1) is 0 Å². The van der Waals surface area contributed by atoms with Gasteiger partial charge in [-0.05, 0) is 68.7 Å². The summed E-state index contributed by atoms with van der Waals surface area (Å²) in [6, 6.07) is 25.3. The fourth-order valence-corrected chi connectivity index (χ4v) is 6.73. The minimum atomic E-state index is -3.90. The van der Waals surface area contributed by atoms with E-state index in [1.165, 1.54) is 0 Å². The van der Waals surface area contributed by atoms with E-state index in [0.717, 1.165) is 16.8 Å². The average molecular weight is 584 g/mol. The second-order valence-corrected chi connectivity index (χ2v) is 13.2. The lowest BCUT2D eigenvalue weighted by Gasteiger charge is -2.32. The number of benzene rings is 3. The first-order chi connectivity index (χ1) is 20.0. The largest absolute Gasteiger partial charge is 0.454 e. The maximum absolute atomic E-state index is 14.1. The van der Waals surface area contributed by atoms with Crippen molar-refractivity contribution in [1.29, 1.82) is 5.26 Å². The molecule has 0 saturated carbocycles. The van der Waals surface area contributed by atoms with Gasteiger partial charge in [-0.25, -0.2) is 18.2 Å². The van der Waals surface area contributed by atoms with Crippen molar-refractivity contribution in [2.24, 2.45) is 0 Å². The highest BCUT2D eigenvalue weighted by molar-refractivity contribution is 7.89. The molecule has 1 aliphatic rings. The third-order valence-electron chi connectivity index (χ3n) is 6.96. The number of rotatable bonds is 7. The molecule has 9 nitrogen and oxygen atoms in total. The number of nitriles is 1. The molecule has 3 aromatic carbocycles. The van der Waals surface area contributed by atoms with Crippen LogP contribution in [0.4, 0.5) is 5.69 Å². The number of nitrogens with one attached hydrogen (secondary N) is 1. The number of sulfonamides is 1. The van der Waals surface area contributed by atoms with Crippen molar-refractivity contribution in [3.8, 4) is 6.07 Å². The molecule has 4 aromatic rings. The molecule has 1 N–H and O–H groups in total. The molecule has 42 heavy (non-hydrogen) atoms. The van der Waals surface area contributed by atoms with E-state index in [-0.39, 0.29) is 17.3 Å². The summed E-state index contributed by atoms with van der Waals surface area (Å²) in [5, 5.41) is 9.64. The summed E-state index contributed by atoms with van der Waals surface area (Å²) in [5.74, 6) is -0.449. The summed E-state index contributed by atoms with van der Waals surface area (Å²) < 4.78 is 35.3. The van der Waals surface area contributed by atoms with Gasteiger partial charge in [-0.1, -0.05) is 48.5 Å². The van der Waals surface area contributed by atoms with E-state index in [2.05, 4.69) is 20.9 Å². The third kappa shape index (κ3) is 6.54. The lowest BCUT2D eigenvalue weighted by molar-refractivity contribution is 0.00565. The zero-order valence-electron chi connectivity index (χ0n) is 23.8. The minimum Gasteiger partial charge on any atom is -0.454 e. The molecule has 0 fully saturated rings. The van der Waals surface area contributed by atoms with E-state index >= 15 is 0 Å². The molecule has 0 amide bonds. The fourth-order valence-electron chi connectivity index (χ4n) is 5.12. The van der Waals surface area contributed by atoms with E-state index < -0.39 is 27.6 Å². The molecule has 0 unspecified atom stereocenters. The first-order valence-electron chi connectivity index (χ1n) is 13.7. The number of carbonyl (C=O) groups is 1. The van der Waals surface area contributed by atoms with Gasteiger partial charge in [-0.3, -0.25) is 0 Å². The molecular weight excluding hydrogens is 550 g/mol. The van der Waals surface area contributed by atoms with Crippen molar-refractivity contribution in [1.82, 2.24) is 14.3 Å². The summed E-state index contributed by atoms with van der Waals surface area (Å²) in [4.78, 5) is 22.2. The highest BCUT2D eigenvalue weighted by atomic mass is 32.2. The molecule has 0 aliphatic carbocycles. The van der Waals surface area contributed by atoms with Crippen molar-refractivity contribution in [2.75, 3.05) is 11.4 Å². The normalized spacial score (nSPS) is 15.9. The molecule has 1 aromatic heterocycles. The van der Waals surface area contributed by atoms with Crippen molar-refractivity contribution in [3.05, 3.63) is 113 Å². The number of hydrogen-bond acceptors (Lipinski definition) is 7. The van der Waals surface area contributed by atoms with Gasteiger partial charge in [0, 0.05) is 24.8 Å². The van der Waals surface area contributed by atoms with Crippen LogP contribution in [-0.2, 0) is 34.3 Å². The molecule has 1 aliphatic heterocycles. The first kappa shape index (κ1) is 29.0. The predicted molar refractivity (Wildman–Crippen MR) is 159 cm³/mol. The quantitative estimate of drug-likeness (QED) is 0.302. The van der Waals surface area contributed by atoms with Crippen LogP contribution in [0.25, 0.3) is 0 Å². The molecule has 0 radical (unpaired) electrons. The Morgan fingerprint density at radius 3 is 2.43 bits per heavy atom. The highest BCUT2D eigenvalue weighted by Crippen LogP contribution is 2.33. The number of aromatic amines is 1. The molecular formula is C32H33N5O4S. The van der Waals surface area contributed by atoms with E-state index in [9.17, 15) is 18.5 Å². The predicted octanol–water partition coefficient (Wildman–Crippen LogP) is 5.06. The van der Waals surface area contributed by atoms with Crippen LogP contribution >= 0.6 is 0 Å². The van der Waals surface area contributed by atoms with Crippen LogP contribution in [0.2, 0.25) is 0 Å². The average Bonchev–Trinajstić information content (AvgIpc) is 3.38. The summed E-state index contributed by atoms with van der Waals surface area (Å²) in [5.41, 5.74) is 2.99.